The molecular weight excluding hydrogens is 284 g/mol. The first kappa shape index (κ1) is 13.8. The molecule has 0 spiro atoms. The van der Waals surface area contributed by atoms with Crippen LogP contribution in [0, 0.1) is 0 Å². The fraction of sp³-hybridized carbons (Fsp3) is 0.250. The highest BCUT2D eigenvalue weighted by Gasteiger charge is 2.11. The highest BCUT2D eigenvalue weighted by Crippen LogP contribution is 2.25. The van der Waals surface area contributed by atoms with Crippen LogP contribution in [0.3, 0.4) is 0 Å². The van der Waals surface area contributed by atoms with E-state index >= 15 is 0 Å². The van der Waals surface area contributed by atoms with Crippen molar-refractivity contribution in [3.05, 3.63) is 46.3 Å². The van der Waals surface area contributed by atoms with Crippen LogP contribution in [0.5, 0.6) is 0 Å². The first-order chi connectivity index (χ1) is 10.2. The molecule has 0 amide bonds. The first-order valence-electron chi connectivity index (χ1n) is 6.95. The SMILES string of the molecule is CCN(CC)c1ccc2cc(-c3nccs3)c(=O)oc2c1. The third-order valence-corrected chi connectivity index (χ3v) is 4.32. The number of anilines is 1. The van der Waals surface area contributed by atoms with E-state index in [1.807, 2.05) is 23.6 Å². The van der Waals surface area contributed by atoms with Gasteiger partial charge < -0.3 is 9.32 Å². The molecule has 1 aromatic carbocycles. The van der Waals surface area contributed by atoms with Crippen molar-refractivity contribution in [2.75, 3.05) is 18.0 Å². The van der Waals surface area contributed by atoms with Crippen LogP contribution in [0.2, 0.25) is 0 Å². The Morgan fingerprint density at radius 2 is 2.05 bits per heavy atom. The van der Waals surface area contributed by atoms with E-state index in [0.717, 1.165) is 24.2 Å². The molecule has 2 aromatic heterocycles. The van der Waals surface area contributed by atoms with Gasteiger partial charge in [0.05, 0.1) is 5.56 Å². The van der Waals surface area contributed by atoms with Crippen molar-refractivity contribution < 1.29 is 4.42 Å². The number of hydrogen-bond donors (Lipinski definition) is 0. The first-order valence-corrected chi connectivity index (χ1v) is 7.83. The van der Waals surface area contributed by atoms with E-state index in [1.165, 1.54) is 11.3 Å². The molecule has 4 nitrogen and oxygen atoms in total. The molecule has 21 heavy (non-hydrogen) atoms. The minimum absolute atomic E-state index is 0.339. The van der Waals surface area contributed by atoms with Crippen molar-refractivity contribution in [2.24, 2.45) is 0 Å². The minimum Gasteiger partial charge on any atom is -0.422 e. The lowest BCUT2D eigenvalue weighted by Gasteiger charge is -2.20. The molecule has 0 unspecified atom stereocenters. The van der Waals surface area contributed by atoms with Gasteiger partial charge >= 0.3 is 5.63 Å². The zero-order chi connectivity index (χ0) is 14.8. The molecule has 108 valence electrons. The highest BCUT2D eigenvalue weighted by atomic mass is 32.1. The molecule has 5 heteroatoms. The van der Waals surface area contributed by atoms with Gasteiger partial charge in [0, 0.05) is 41.8 Å². The average molecular weight is 300 g/mol. The number of thiazole rings is 1. The molecule has 3 aromatic rings. The Morgan fingerprint density at radius 3 is 2.71 bits per heavy atom. The van der Waals surface area contributed by atoms with Crippen LogP contribution in [0.4, 0.5) is 5.69 Å². The molecular formula is C16H16N2O2S. The maximum atomic E-state index is 12.1. The van der Waals surface area contributed by atoms with E-state index < -0.39 is 0 Å². The van der Waals surface area contributed by atoms with Gasteiger partial charge in [-0.2, -0.15) is 0 Å². The number of hydrogen-bond acceptors (Lipinski definition) is 5. The van der Waals surface area contributed by atoms with Crippen LogP contribution in [-0.2, 0) is 0 Å². The third kappa shape index (κ3) is 2.56. The summed E-state index contributed by atoms with van der Waals surface area (Å²) in [5.41, 5.74) is 1.87. The Balaban J connectivity index is 2.13. The van der Waals surface area contributed by atoms with Crippen LogP contribution >= 0.6 is 11.3 Å². The lowest BCUT2D eigenvalue weighted by Crippen LogP contribution is -2.21. The van der Waals surface area contributed by atoms with Gasteiger partial charge in [-0.1, -0.05) is 0 Å². The summed E-state index contributed by atoms with van der Waals surface area (Å²) in [5.74, 6) is 0. The topological polar surface area (TPSA) is 46.3 Å². The number of fused-ring (bicyclic) bond motifs is 1. The monoisotopic (exact) mass is 300 g/mol. The Kier molecular flexibility index (Phi) is 3.75. The summed E-state index contributed by atoms with van der Waals surface area (Å²) in [4.78, 5) is 18.5. The molecule has 0 fully saturated rings. The molecule has 0 aliphatic rings. The minimum atomic E-state index is -0.339. The van der Waals surface area contributed by atoms with Crippen molar-refractivity contribution in [2.45, 2.75) is 13.8 Å². The smallest absolute Gasteiger partial charge is 0.346 e. The molecule has 0 bridgehead atoms. The fourth-order valence-electron chi connectivity index (χ4n) is 2.39. The Morgan fingerprint density at radius 1 is 1.24 bits per heavy atom. The molecule has 0 N–H and O–H groups in total. The molecule has 2 heterocycles. The molecule has 0 aliphatic heterocycles. The lowest BCUT2D eigenvalue weighted by atomic mass is 10.1. The predicted octanol–water partition coefficient (Wildman–Crippen LogP) is 3.76. The number of aromatic nitrogens is 1. The Labute approximate surface area is 126 Å². The van der Waals surface area contributed by atoms with Gasteiger partial charge in [0.15, 0.2) is 0 Å². The van der Waals surface area contributed by atoms with Crippen molar-refractivity contribution in [1.29, 1.82) is 0 Å². The van der Waals surface area contributed by atoms with Crippen LogP contribution in [0.1, 0.15) is 13.8 Å². The van der Waals surface area contributed by atoms with E-state index in [4.69, 9.17) is 4.42 Å². The number of benzene rings is 1. The average Bonchev–Trinajstić information content (AvgIpc) is 3.01. The van der Waals surface area contributed by atoms with Gasteiger partial charge in [-0.3, -0.25) is 0 Å². The molecule has 0 saturated carbocycles. The second-order valence-corrected chi connectivity index (χ2v) is 5.57. The zero-order valence-corrected chi connectivity index (χ0v) is 12.8. The summed E-state index contributed by atoms with van der Waals surface area (Å²) >= 11 is 1.43. The Bertz CT molecular complexity index is 805. The molecule has 0 aliphatic carbocycles. The van der Waals surface area contributed by atoms with Crippen molar-refractivity contribution in [3.63, 3.8) is 0 Å². The molecule has 3 rings (SSSR count). The van der Waals surface area contributed by atoms with Gasteiger partial charge in [-0.05, 0) is 32.0 Å². The van der Waals surface area contributed by atoms with E-state index in [2.05, 4.69) is 29.8 Å². The van der Waals surface area contributed by atoms with E-state index in [-0.39, 0.29) is 5.63 Å². The fourth-order valence-corrected chi connectivity index (χ4v) is 3.03. The largest absolute Gasteiger partial charge is 0.422 e. The maximum absolute atomic E-state index is 12.1. The standard InChI is InChI=1S/C16H16N2O2S/c1-3-18(4-2)12-6-5-11-9-13(15-17-7-8-21-15)16(19)20-14(11)10-12/h5-10H,3-4H2,1-2H3. The quantitative estimate of drug-likeness (QED) is 0.688. The summed E-state index contributed by atoms with van der Waals surface area (Å²) < 4.78 is 5.48. The van der Waals surface area contributed by atoms with Gasteiger partial charge in [0.2, 0.25) is 0 Å². The number of nitrogens with zero attached hydrogens (tertiary/aromatic N) is 2. The van der Waals surface area contributed by atoms with Crippen LogP contribution in [-0.4, -0.2) is 18.1 Å². The third-order valence-electron chi connectivity index (χ3n) is 3.51. The van der Waals surface area contributed by atoms with Crippen LogP contribution < -0.4 is 10.5 Å². The normalized spacial score (nSPS) is 11.0. The second kappa shape index (κ2) is 5.69. The van der Waals surface area contributed by atoms with Crippen molar-refractivity contribution in [3.8, 4) is 10.6 Å². The van der Waals surface area contributed by atoms with Crippen LogP contribution in [0.25, 0.3) is 21.5 Å². The summed E-state index contributed by atoms with van der Waals surface area (Å²) in [6, 6.07) is 7.82. The second-order valence-electron chi connectivity index (χ2n) is 4.68. The van der Waals surface area contributed by atoms with Crippen molar-refractivity contribution in [1.82, 2.24) is 4.98 Å². The zero-order valence-electron chi connectivity index (χ0n) is 12.0. The summed E-state index contributed by atoms with van der Waals surface area (Å²) in [5, 5.41) is 3.46. The van der Waals surface area contributed by atoms with E-state index in [9.17, 15) is 4.79 Å². The van der Waals surface area contributed by atoms with Crippen molar-refractivity contribution >= 4 is 28.0 Å². The number of rotatable bonds is 4. The predicted molar refractivity (Wildman–Crippen MR) is 87.2 cm³/mol. The van der Waals surface area contributed by atoms with Gasteiger partial charge in [-0.15, -0.1) is 11.3 Å². The highest BCUT2D eigenvalue weighted by molar-refractivity contribution is 7.13. The van der Waals surface area contributed by atoms with Gasteiger partial charge in [0.1, 0.15) is 10.6 Å². The van der Waals surface area contributed by atoms with E-state index in [0.29, 0.717) is 16.2 Å². The Hall–Kier alpha value is -2.14. The summed E-state index contributed by atoms with van der Waals surface area (Å²) in [6.45, 7) is 6.05. The molecule has 0 saturated heterocycles. The van der Waals surface area contributed by atoms with E-state index in [1.54, 1.807) is 6.20 Å². The molecule has 0 atom stereocenters. The van der Waals surface area contributed by atoms with Gasteiger partial charge in [-0.25, -0.2) is 9.78 Å². The summed E-state index contributed by atoms with van der Waals surface area (Å²) in [6.07, 6.45) is 1.69. The van der Waals surface area contributed by atoms with Crippen LogP contribution in [0.15, 0.2) is 45.1 Å². The van der Waals surface area contributed by atoms with Gasteiger partial charge in [0.25, 0.3) is 0 Å². The summed E-state index contributed by atoms with van der Waals surface area (Å²) in [7, 11) is 0. The molecule has 0 radical (unpaired) electrons. The maximum Gasteiger partial charge on any atom is 0.346 e. The lowest BCUT2D eigenvalue weighted by molar-refractivity contribution is 0.563.